The maximum atomic E-state index is 12.2. The first-order valence-corrected chi connectivity index (χ1v) is 8.48. The van der Waals surface area contributed by atoms with Gasteiger partial charge in [0.2, 0.25) is 17.6 Å². The van der Waals surface area contributed by atoms with Crippen molar-refractivity contribution in [1.82, 2.24) is 15.0 Å². The summed E-state index contributed by atoms with van der Waals surface area (Å²) < 4.78 is 5.44. The molecule has 2 heterocycles. The third-order valence-electron chi connectivity index (χ3n) is 4.45. The van der Waals surface area contributed by atoms with E-state index in [0.29, 0.717) is 29.8 Å². The van der Waals surface area contributed by atoms with Crippen LogP contribution >= 0.6 is 11.6 Å². The minimum absolute atomic E-state index is 0.114. The van der Waals surface area contributed by atoms with E-state index < -0.39 is 0 Å². The Bertz CT molecular complexity index is 744. The second-order valence-electron chi connectivity index (χ2n) is 6.00. The maximum absolute atomic E-state index is 12.2. The highest BCUT2D eigenvalue weighted by Gasteiger charge is 2.27. The van der Waals surface area contributed by atoms with Crippen LogP contribution in [-0.4, -0.2) is 34.0 Å². The van der Waals surface area contributed by atoms with Crippen molar-refractivity contribution >= 4 is 17.5 Å². The predicted molar refractivity (Wildman–Crippen MR) is 92.7 cm³/mol. The SMILES string of the molecule is C/C=C(\C)C(=O)N1CCC(c2nc(-c3ccc(Cl)cc3)no2)CC1. The molecule has 0 unspecified atom stereocenters. The van der Waals surface area contributed by atoms with Gasteiger partial charge in [-0.1, -0.05) is 22.8 Å². The summed E-state index contributed by atoms with van der Waals surface area (Å²) in [6.07, 6.45) is 3.53. The van der Waals surface area contributed by atoms with Gasteiger partial charge in [-0.25, -0.2) is 0 Å². The van der Waals surface area contributed by atoms with E-state index in [1.165, 1.54) is 0 Å². The fourth-order valence-corrected chi connectivity index (χ4v) is 2.95. The molecule has 6 heteroatoms. The Labute approximate surface area is 146 Å². The van der Waals surface area contributed by atoms with Crippen molar-refractivity contribution in [2.24, 2.45) is 0 Å². The molecule has 2 aromatic rings. The third kappa shape index (κ3) is 3.51. The van der Waals surface area contributed by atoms with Crippen molar-refractivity contribution in [2.45, 2.75) is 32.6 Å². The zero-order chi connectivity index (χ0) is 17.1. The van der Waals surface area contributed by atoms with Crippen LogP contribution in [-0.2, 0) is 4.79 Å². The molecule has 1 aliphatic rings. The van der Waals surface area contributed by atoms with Gasteiger partial charge in [0, 0.05) is 35.2 Å². The molecule has 0 N–H and O–H groups in total. The molecule has 5 nitrogen and oxygen atoms in total. The molecule has 1 aromatic heterocycles. The Morgan fingerprint density at radius 3 is 2.58 bits per heavy atom. The van der Waals surface area contributed by atoms with E-state index in [9.17, 15) is 4.79 Å². The number of likely N-dealkylation sites (tertiary alicyclic amines) is 1. The van der Waals surface area contributed by atoms with Crippen molar-refractivity contribution in [3.63, 3.8) is 0 Å². The number of amides is 1. The first-order valence-electron chi connectivity index (χ1n) is 8.10. The summed E-state index contributed by atoms with van der Waals surface area (Å²) >= 11 is 5.90. The summed E-state index contributed by atoms with van der Waals surface area (Å²) in [5, 5.41) is 4.74. The second kappa shape index (κ2) is 7.18. The largest absolute Gasteiger partial charge is 0.339 e. The first-order chi connectivity index (χ1) is 11.6. The molecule has 0 atom stereocenters. The highest BCUT2D eigenvalue weighted by molar-refractivity contribution is 6.30. The summed E-state index contributed by atoms with van der Waals surface area (Å²) in [6, 6.07) is 7.36. The fourth-order valence-electron chi connectivity index (χ4n) is 2.82. The number of carbonyl (C=O) groups is 1. The topological polar surface area (TPSA) is 59.2 Å². The molecule has 0 saturated carbocycles. The van der Waals surface area contributed by atoms with E-state index in [-0.39, 0.29) is 11.8 Å². The first kappa shape index (κ1) is 16.7. The van der Waals surface area contributed by atoms with Crippen molar-refractivity contribution in [2.75, 3.05) is 13.1 Å². The number of carbonyl (C=O) groups excluding carboxylic acids is 1. The van der Waals surface area contributed by atoms with Crippen molar-refractivity contribution in [1.29, 1.82) is 0 Å². The summed E-state index contributed by atoms with van der Waals surface area (Å²) in [5.41, 5.74) is 1.67. The number of hydrogen-bond donors (Lipinski definition) is 0. The van der Waals surface area contributed by atoms with E-state index in [2.05, 4.69) is 10.1 Å². The molecule has 0 bridgehead atoms. The molecule has 0 aliphatic carbocycles. The van der Waals surface area contributed by atoms with Gasteiger partial charge in [0.05, 0.1) is 0 Å². The number of halogens is 1. The van der Waals surface area contributed by atoms with Crippen LogP contribution in [0.15, 0.2) is 40.4 Å². The van der Waals surface area contributed by atoms with Crippen molar-refractivity contribution in [3.8, 4) is 11.4 Å². The van der Waals surface area contributed by atoms with Gasteiger partial charge in [-0.15, -0.1) is 0 Å². The molecular formula is C18H20ClN3O2. The number of piperidine rings is 1. The molecule has 3 rings (SSSR count). The summed E-state index contributed by atoms with van der Waals surface area (Å²) in [7, 11) is 0. The Balaban J connectivity index is 1.65. The molecule has 0 spiro atoms. The molecule has 126 valence electrons. The number of hydrogen-bond acceptors (Lipinski definition) is 4. The molecule has 0 radical (unpaired) electrons. The molecule has 1 saturated heterocycles. The van der Waals surface area contributed by atoms with Gasteiger partial charge in [-0.2, -0.15) is 4.98 Å². The van der Waals surface area contributed by atoms with E-state index in [0.717, 1.165) is 24.0 Å². The number of aromatic nitrogens is 2. The van der Waals surface area contributed by atoms with E-state index in [4.69, 9.17) is 16.1 Å². The van der Waals surface area contributed by atoms with E-state index >= 15 is 0 Å². The summed E-state index contributed by atoms with van der Waals surface area (Å²) in [5.74, 6) is 1.54. The van der Waals surface area contributed by atoms with Crippen LogP contribution in [0.1, 0.15) is 38.5 Å². The molecule has 1 aromatic carbocycles. The van der Waals surface area contributed by atoms with Crippen molar-refractivity contribution < 1.29 is 9.32 Å². The Morgan fingerprint density at radius 1 is 1.29 bits per heavy atom. The van der Waals surface area contributed by atoms with Gasteiger partial charge < -0.3 is 9.42 Å². The number of benzene rings is 1. The highest BCUT2D eigenvalue weighted by atomic mass is 35.5. The standard InChI is InChI=1S/C18H20ClN3O2/c1-3-12(2)18(23)22-10-8-14(9-11-22)17-20-16(21-24-17)13-4-6-15(19)7-5-13/h3-7,14H,8-11H2,1-2H3/b12-3+. The second-order valence-corrected chi connectivity index (χ2v) is 6.44. The van der Waals surface area contributed by atoms with Crippen LogP contribution in [0.4, 0.5) is 0 Å². The number of allylic oxidation sites excluding steroid dienone is 1. The quantitative estimate of drug-likeness (QED) is 0.787. The van der Waals surface area contributed by atoms with Crippen LogP contribution < -0.4 is 0 Å². The smallest absolute Gasteiger partial charge is 0.249 e. The average molecular weight is 346 g/mol. The van der Waals surface area contributed by atoms with Gasteiger partial charge in [-0.3, -0.25) is 4.79 Å². The Hall–Kier alpha value is -2.14. The normalized spacial score (nSPS) is 16.5. The maximum Gasteiger partial charge on any atom is 0.249 e. The summed E-state index contributed by atoms with van der Waals surface area (Å²) in [4.78, 5) is 18.6. The van der Waals surface area contributed by atoms with Crippen LogP contribution in [0.2, 0.25) is 5.02 Å². The molecule has 24 heavy (non-hydrogen) atoms. The van der Waals surface area contributed by atoms with E-state index in [1.807, 2.05) is 37.0 Å². The molecule has 1 fully saturated rings. The number of rotatable bonds is 3. The van der Waals surface area contributed by atoms with Crippen LogP contribution in [0.3, 0.4) is 0 Å². The Kier molecular flexibility index (Phi) is 5.00. The Morgan fingerprint density at radius 2 is 1.96 bits per heavy atom. The van der Waals surface area contributed by atoms with Gasteiger partial charge in [0.1, 0.15) is 0 Å². The van der Waals surface area contributed by atoms with Crippen LogP contribution in [0.25, 0.3) is 11.4 Å². The molecule has 1 aliphatic heterocycles. The van der Waals surface area contributed by atoms with Gasteiger partial charge in [-0.05, 0) is 51.0 Å². The monoisotopic (exact) mass is 345 g/mol. The minimum Gasteiger partial charge on any atom is -0.339 e. The van der Waals surface area contributed by atoms with Crippen LogP contribution in [0, 0.1) is 0 Å². The van der Waals surface area contributed by atoms with Gasteiger partial charge in [0.25, 0.3) is 0 Å². The highest BCUT2D eigenvalue weighted by Crippen LogP contribution is 2.29. The molecule has 1 amide bonds. The lowest BCUT2D eigenvalue weighted by Gasteiger charge is -2.30. The van der Waals surface area contributed by atoms with Crippen LogP contribution in [0.5, 0.6) is 0 Å². The zero-order valence-corrected chi connectivity index (χ0v) is 14.6. The number of nitrogens with zero attached hydrogens (tertiary/aromatic N) is 3. The van der Waals surface area contributed by atoms with E-state index in [1.54, 1.807) is 12.1 Å². The fraction of sp³-hybridized carbons (Fsp3) is 0.389. The minimum atomic E-state index is 0.114. The van der Waals surface area contributed by atoms with Crippen molar-refractivity contribution in [3.05, 3.63) is 46.8 Å². The lowest BCUT2D eigenvalue weighted by Crippen LogP contribution is -2.38. The summed E-state index contributed by atoms with van der Waals surface area (Å²) in [6.45, 7) is 5.17. The van der Waals surface area contributed by atoms with Gasteiger partial charge in [0.15, 0.2) is 0 Å². The lowest BCUT2D eigenvalue weighted by atomic mass is 9.96. The molecular weight excluding hydrogens is 326 g/mol. The third-order valence-corrected chi connectivity index (χ3v) is 4.70. The zero-order valence-electron chi connectivity index (χ0n) is 13.8. The lowest BCUT2D eigenvalue weighted by molar-refractivity contribution is -0.128. The van der Waals surface area contributed by atoms with Gasteiger partial charge >= 0.3 is 0 Å². The average Bonchev–Trinajstić information content (AvgIpc) is 3.11. The predicted octanol–water partition coefficient (Wildman–Crippen LogP) is 4.06.